The molecule has 2 N–H and O–H groups in total. The summed E-state index contributed by atoms with van der Waals surface area (Å²) in [6.07, 6.45) is 6.91. The average Bonchev–Trinajstić information content (AvgIpc) is 2.24. The molecule has 0 amide bonds. The van der Waals surface area contributed by atoms with E-state index in [-0.39, 0.29) is 19.8 Å². The molecule has 0 aliphatic rings. The van der Waals surface area contributed by atoms with Crippen molar-refractivity contribution in [2.75, 3.05) is 26.4 Å². The van der Waals surface area contributed by atoms with Crippen molar-refractivity contribution in [3.05, 3.63) is 12.7 Å². The molecule has 4 nitrogen and oxygen atoms in total. The van der Waals surface area contributed by atoms with E-state index in [1.54, 1.807) is 6.08 Å². The third kappa shape index (κ3) is 25.6. The summed E-state index contributed by atoms with van der Waals surface area (Å²) in [5.41, 5.74) is 0. The Balaban J connectivity index is 0. The van der Waals surface area contributed by atoms with Crippen molar-refractivity contribution < 1.29 is 27.9 Å². The van der Waals surface area contributed by atoms with Gasteiger partial charge in [0.15, 0.2) is 0 Å². The van der Waals surface area contributed by atoms with Gasteiger partial charge in [-0.1, -0.05) is 12.0 Å². The fourth-order valence-electron chi connectivity index (χ4n) is 0.688. The van der Waals surface area contributed by atoms with Gasteiger partial charge in [0.05, 0.1) is 19.8 Å². The zero-order valence-corrected chi connectivity index (χ0v) is 10.3. The molecule has 0 saturated carbocycles. The Hall–Kier alpha value is -0.570. The van der Waals surface area contributed by atoms with Crippen LogP contribution in [0.25, 0.3) is 0 Å². The number of ether oxygens (including phenoxy) is 2. The van der Waals surface area contributed by atoms with E-state index in [1.165, 1.54) is 0 Å². The Morgan fingerprint density at radius 1 is 1.41 bits per heavy atom. The Morgan fingerprint density at radius 2 is 1.94 bits per heavy atom. The lowest BCUT2D eigenvalue weighted by molar-refractivity contribution is -0.0109. The van der Waals surface area contributed by atoms with Gasteiger partial charge in [0, 0.05) is 0 Å². The third-order valence-corrected chi connectivity index (χ3v) is 1.27. The highest BCUT2D eigenvalue weighted by atomic mass is 31.2. The minimum absolute atomic E-state index is 0.221. The van der Waals surface area contributed by atoms with Gasteiger partial charge in [-0.15, -0.1) is 13.0 Å². The first-order valence-electron chi connectivity index (χ1n) is 4.73. The fraction of sp³-hybridized carbons (Fsp3) is 0.600. The van der Waals surface area contributed by atoms with Gasteiger partial charge in [-0.2, -0.15) is 8.39 Å². The van der Waals surface area contributed by atoms with Gasteiger partial charge >= 0.3 is 8.77 Å². The van der Waals surface area contributed by atoms with Crippen LogP contribution in [-0.4, -0.2) is 42.5 Å². The molecule has 0 rings (SSSR count). The maximum Gasteiger partial charge on any atom is 0.412 e. The van der Waals surface area contributed by atoms with Crippen LogP contribution < -0.4 is 0 Å². The van der Waals surface area contributed by atoms with Gasteiger partial charge in [-0.3, -0.25) is 0 Å². The van der Waals surface area contributed by atoms with Gasteiger partial charge in [-0.25, -0.2) is 0 Å². The van der Waals surface area contributed by atoms with Crippen molar-refractivity contribution in [3.63, 3.8) is 0 Å². The molecule has 0 aliphatic heterocycles. The number of hydrogen-bond donors (Lipinski definition) is 2. The molecule has 0 fully saturated rings. The summed E-state index contributed by atoms with van der Waals surface area (Å²) < 4.78 is 29.9. The smallest absolute Gasteiger partial charge is 0.388 e. The van der Waals surface area contributed by atoms with Crippen molar-refractivity contribution >= 4 is 8.77 Å². The highest BCUT2D eigenvalue weighted by Gasteiger charge is 2.02. The molecule has 0 saturated heterocycles. The van der Waals surface area contributed by atoms with Gasteiger partial charge in [0.1, 0.15) is 12.7 Å². The zero-order valence-electron chi connectivity index (χ0n) is 9.39. The molecular formula is C10H17F2O4P. The van der Waals surface area contributed by atoms with Crippen LogP contribution in [0.4, 0.5) is 8.39 Å². The molecule has 0 aromatic rings. The van der Waals surface area contributed by atoms with Crippen molar-refractivity contribution in [1.29, 1.82) is 0 Å². The Bertz CT molecular complexity index is 206. The van der Waals surface area contributed by atoms with Crippen LogP contribution >= 0.6 is 8.77 Å². The van der Waals surface area contributed by atoms with Crippen LogP contribution in [0, 0.1) is 12.3 Å². The van der Waals surface area contributed by atoms with Crippen molar-refractivity contribution in [2.24, 2.45) is 0 Å². The number of hydrogen-bond acceptors (Lipinski definition) is 4. The molecule has 1 atom stereocenters. The number of aliphatic hydroxyl groups is 1. The summed E-state index contributed by atoms with van der Waals surface area (Å²) in [6, 6.07) is 0. The van der Waals surface area contributed by atoms with Crippen LogP contribution in [0.2, 0.25) is 0 Å². The third-order valence-electron chi connectivity index (χ3n) is 1.27. The van der Waals surface area contributed by atoms with E-state index < -0.39 is 14.9 Å². The Kier molecular flexibility index (Phi) is 17.1. The molecular weight excluding hydrogens is 253 g/mol. The van der Waals surface area contributed by atoms with Crippen molar-refractivity contribution in [2.45, 2.75) is 12.5 Å². The van der Waals surface area contributed by atoms with E-state index >= 15 is 0 Å². The molecule has 0 heterocycles. The summed E-state index contributed by atoms with van der Waals surface area (Å²) in [7, 11) is -3.62. The van der Waals surface area contributed by atoms with E-state index in [1.807, 2.05) is 0 Å². The topological polar surface area (TPSA) is 58.9 Å². The van der Waals surface area contributed by atoms with Gasteiger partial charge < -0.3 is 19.5 Å². The quantitative estimate of drug-likeness (QED) is 0.305. The van der Waals surface area contributed by atoms with Gasteiger partial charge in [0.25, 0.3) is 0 Å². The van der Waals surface area contributed by atoms with E-state index in [9.17, 15) is 13.5 Å². The normalized spacial score (nSPS) is 11.3. The summed E-state index contributed by atoms with van der Waals surface area (Å²) >= 11 is 0. The fourth-order valence-corrected chi connectivity index (χ4v) is 0.688. The molecule has 0 aromatic carbocycles. The summed E-state index contributed by atoms with van der Waals surface area (Å²) in [5, 5.41) is 9.23. The lowest BCUT2D eigenvalue weighted by Crippen LogP contribution is -2.22. The van der Waals surface area contributed by atoms with Crippen LogP contribution in [0.1, 0.15) is 6.42 Å². The zero-order chi connectivity index (χ0) is 13.5. The van der Waals surface area contributed by atoms with Crippen LogP contribution in [0.3, 0.4) is 0 Å². The molecule has 0 aromatic heterocycles. The molecule has 7 heteroatoms. The summed E-state index contributed by atoms with van der Waals surface area (Å²) in [4.78, 5) is 6.79. The summed E-state index contributed by atoms with van der Waals surface area (Å²) in [6.45, 7) is 4.85. The monoisotopic (exact) mass is 270 g/mol. The minimum Gasteiger partial charge on any atom is -0.388 e. The standard InChI is InChI=1S/C10H16O3.F2HOP/c1-3-5-7-13-9-10(11)8-12-6-4-2;1-4(2)3/h2-3,10-11H,1,5-9H2;3H. The van der Waals surface area contributed by atoms with Crippen LogP contribution in [-0.2, 0) is 9.47 Å². The number of aliphatic hydroxyl groups excluding tert-OH is 1. The van der Waals surface area contributed by atoms with Crippen LogP contribution in [0.5, 0.6) is 0 Å². The summed E-state index contributed by atoms with van der Waals surface area (Å²) in [5.74, 6) is 2.31. The highest BCUT2D eigenvalue weighted by Crippen LogP contribution is 2.31. The van der Waals surface area contributed by atoms with Gasteiger partial charge in [-0.05, 0) is 6.42 Å². The predicted octanol–water partition coefficient (Wildman–Crippen LogP) is 1.73. The van der Waals surface area contributed by atoms with E-state index in [0.717, 1.165) is 6.42 Å². The predicted molar refractivity (Wildman–Crippen MR) is 62.6 cm³/mol. The molecule has 0 bridgehead atoms. The van der Waals surface area contributed by atoms with Crippen molar-refractivity contribution in [3.8, 4) is 12.3 Å². The molecule has 17 heavy (non-hydrogen) atoms. The second kappa shape index (κ2) is 15.4. The number of rotatable bonds is 8. The second-order valence-corrected chi connectivity index (χ2v) is 3.17. The lowest BCUT2D eigenvalue weighted by atomic mass is 10.4. The van der Waals surface area contributed by atoms with Gasteiger partial charge in [0.2, 0.25) is 0 Å². The first kappa shape index (κ1) is 18.8. The molecule has 100 valence electrons. The first-order valence-corrected chi connectivity index (χ1v) is 5.80. The van der Waals surface area contributed by atoms with E-state index in [2.05, 4.69) is 12.5 Å². The number of halogens is 2. The SMILES string of the molecule is C#CCOCC(O)COCCC=C.OP(F)F. The maximum absolute atomic E-state index is 9.95. The first-order chi connectivity index (χ1) is 8.04. The van der Waals surface area contributed by atoms with Crippen LogP contribution in [0.15, 0.2) is 12.7 Å². The largest absolute Gasteiger partial charge is 0.412 e. The Morgan fingerprint density at radius 3 is 2.41 bits per heavy atom. The average molecular weight is 270 g/mol. The van der Waals surface area contributed by atoms with E-state index in [4.69, 9.17) is 20.8 Å². The minimum atomic E-state index is -3.62. The molecule has 0 aliphatic carbocycles. The molecule has 0 radical (unpaired) electrons. The lowest BCUT2D eigenvalue weighted by Gasteiger charge is -2.09. The second-order valence-electron chi connectivity index (χ2n) is 2.74. The Labute approximate surface area is 101 Å². The molecule has 0 spiro atoms. The molecule has 1 unspecified atom stereocenters. The van der Waals surface area contributed by atoms with Crippen molar-refractivity contribution in [1.82, 2.24) is 0 Å². The number of terminal acetylenes is 1. The maximum atomic E-state index is 9.95. The van der Waals surface area contributed by atoms with E-state index in [0.29, 0.717) is 6.61 Å². The highest BCUT2D eigenvalue weighted by molar-refractivity contribution is 7.39.